The molecule has 1 fully saturated rings. The molecule has 88 valence electrons. The van der Waals surface area contributed by atoms with Crippen molar-refractivity contribution in [2.75, 3.05) is 0 Å². The predicted octanol–water partition coefficient (Wildman–Crippen LogP) is 2.82. The van der Waals surface area contributed by atoms with Gasteiger partial charge in [-0.15, -0.1) is 0 Å². The maximum Gasteiger partial charge on any atom is 0.0707 e. The highest BCUT2D eigenvalue weighted by atomic mass is 14.7. The van der Waals surface area contributed by atoms with Gasteiger partial charge in [0, 0.05) is 17.1 Å². The van der Waals surface area contributed by atoms with Crippen molar-refractivity contribution < 1.29 is 0 Å². The lowest BCUT2D eigenvalue weighted by Crippen LogP contribution is -2.25. The molecular weight excluding hydrogens is 208 g/mol. The fourth-order valence-corrected chi connectivity index (χ4v) is 2.51. The maximum absolute atomic E-state index is 6.23. The van der Waals surface area contributed by atoms with Gasteiger partial charge in [0.15, 0.2) is 0 Å². The van der Waals surface area contributed by atoms with Gasteiger partial charge in [-0.05, 0) is 49.8 Å². The van der Waals surface area contributed by atoms with E-state index in [0.29, 0.717) is 6.04 Å². The summed E-state index contributed by atoms with van der Waals surface area (Å²) in [5, 5.41) is 1.26. The second-order valence-corrected chi connectivity index (χ2v) is 5.15. The van der Waals surface area contributed by atoms with Crippen LogP contribution in [-0.2, 0) is 6.42 Å². The first kappa shape index (κ1) is 10.7. The molecule has 2 heteroatoms. The Morgan fingerprint density at radius 1 is 1.35 bits per heavy atom. The summed E-state index contributed by atoms with van der Waals surface area (Å²) in [6, 6.07) is 10.8. The fraction of sp³-hybridized carbons (Fsp3) is 0.400. The number of hydrogen-bond donors (Lipinski definition) is 1. The Morgan fingerprint density at radius 2 is 2.12 bits per heavy atom. The Bertz CT molecular complexity index is 544. The van der Waals surface area contributed by atoms with Crippen LogP contribution in [0.3, 0.4) is 0 Å². The molecule has 1 aliphatic rings. The van der Waals surface area contributed by atoms with Crippen LogP contribution in [0.2, 0.25) is 0 Å². The molecule has 0 spiro atoms. The van der Waals surface area contributed by atoms with Gasteiger partial charge < -0.3 is 5.73 Å². The quantitative estimate of drug-likeness (QED) is 0.874. The molecule has 0 aliphatic heterocycles. The van der Waals surface area contributed by atoms with Crippen LogP contribution in [0.1, 0.15) is 24.1 Å². The Labute approximate surface area is 102 Å². The highest BCUT2D eigenvalue weighted by Gasteiger charge is 2.28. The van der Waals surface area contributed by atoms with Gasteiger partial charge in [-0.3, -0.25) is 4.98 Å². The van der Waals surface area contributed by atoms with Gasteiger partial charge in [0.05, 0.1) is 5.52 Å². The molecule has 1 aromatic heterocycles. The monoisotopic (exact) mass is 226 g/mol. The molecule has 1 heterocycles. The van der Waals surface area contributed by atoms with E-state index in [2.05, 4.69) is 36.2 Å². The third-order valence-electron chi connectivity index (χ3n) is 3.61. The zero-order valence-electron chi connectivity index (χ0n) is 10.2. The Kier molecular flexibility index (Phi) is 2.60. The summed E-state index contributed by atoms with van der Waals surface area (Å²) in [5.41, 5.74) is 9.76. The summed E-state index contributed by atoms with van der Waals surface area (Å²) in [5.74, 6) is 0.752. The summed E-state index contributed by atoms with van der Waals surface area (Å²) in [4.78, 5) is 4.56. The van der Waals surface area contributed by atoms with Crippen molar-refractivity contribution in [1.29, 1.82) is 0 Å². The summed E-state index contributed by atoms with van der Waals surface area (Å²) in [7, 11) is 0. The van der Waals surface area contributed by atoms with Gasteiger partial charge in [0.2, 0.25) is 0 Å². The fourth-order valence-electron chi connectivity index (χ4n) is 2.51. The zero-order chi connectivity index (χ0) is 11.8. The lowest BCUT2D eigenvalue weighted by atomic mass is 9.99. The van der Waals surface area contributed by atoms with Crippen molar-refractivity contribution in [3.63, 3.8) is 0 Å². The lowest BCUT2D eigenvalue weighted by Gasteiger charge is -2.13. The molecule has 1 atom stereocenters. The van der Waals surface area contributed by atoms with Crippen LogP contribution in [-0.4, -0.2) is 11.0 Å². The maximum atomic E-state index is 6.23. The second-order valence-electron chi connectivity index (χ2n) is 5.15. The Balaban J connectivity index is 2.01. The predicted molar refractivity (Wildman–Crippen MR) is 70.9 cm³/mol. The van der Waals surface area contributed by atoms with Crippen LogP contribution in [0.25, 0.3) is 10.9 Å². The van der Waals surface area contributed by atoms with Gasteiger partial charge in [-0.2, -0.15) is 0 Å². The molecule has 17 heavy (non-hydrogen) atoms. The molecule has 1 aliphatic carbocycles. The van der Waals surface area contributed by atoms with Crippen LogP contribution < -0.4 is 5.73 Å². The van der Waals surface area contributed by atoms with E-state index in [1.807, 2.05) is 6.07 Å². The van der Waals surface area contributed by atoms with Crippen LogP contribution in [0, 0.1) is 12.8 Å². The minimum Gasteiger partial charge on any atom is -0.327 e. The van der Waals surface area contributed by atoms with E-state index >= 15 is 0 Å². The van der Waals surface area contributed by atoms with E-state index in [-0.39, 0.29) is 0 Å². The van der Waals surface area contributed by atoms with Crippen molar-refractivity contribution in [2.45, 2.75) is 32.2 Å². The minimum absolute atomic E-state index is 0.320. The van der Waals surface area contributed by atoms with Crippen LogP contribution in [0.15, 0.2) is 30.3 Å². The molecule has 0 amide bonds. The average Bonchev–Trinajstić information content (AvgIpc) is 3.12. The van der Waals surface area contributed by atoms with E-state index in [4.69, 9.17) is 5.73 Å². The molecule has 0 bridgehead atoms. The highest BCUT2D eigenvalue weighted by Crippen LogP contribution is 2.33. The summed E-state index contributed by atoms with van der Waals surface area (Å²) >= 11 is 0. The van der Waals surface area contributed by atoms with E-state index in [9.17, 15) is 0 Å². The molecule has 1 unspecified atom stereocenters. The van der Waals surface area contributed by atoms with Crippen LogP contribution in [0.5, 0.6) is 0 Å². The highest BCUT2D eigenvalue weighted by molar-refractivity contribution is 5.82. The lowest BCUT2D eigenvalue weighted by molar-refractivity contribution is 0.593. The number of fused-ring (bicyclic) bond motifs is 1. The van der Waals surface area contributed by atoms with Gasteiger partial charge in [0.25, 0.3) is 0 Å². The number of aryl methyl sites for hydroxylation is 1. The molecule has 0 radical (unpaired) electrons. The van der Waals surface area contributed by atoms with Gasteiger partial charge in [0.1, 0.15) is 0 Å². The van der Waals surface area contributed by atoms with Crippen LogP contribution in [0.4, 0.5) is 0 Å². The molecule has 1 saturated carbocycles. The number of nitrogens with two attached hydrogens (primary N) is 1. The molecular formula is C15H18N2. The molecule has 1 aromatic carbocycles. The van der Waals surface area contributed by atoms with Crippen molar-refractivity contribution in [2.24, 2.45) is 11.7 Å². The van der Waals surface area contributed by atoms with Crippen molar-refractivity contribution in [3.05, 3.63) is 41.6 Å². The second kappa shape index (κ2) is 4.11. The Hall–Kier alpha value is -1.41. The number of aromatic nitrogens is 1. The molecule has 2 aromatic rings. The molecule has 2 N–H and O–H groups in total. The van der Waals surface area contributed by atoms with Crippen molar-refractivity contribution >= 4 is 10.9 Å². The van der Waals surface area contributed by atoms with Crippen LogP contribution >= 0.6 is 0 Å². The summed E-state index contributed by atoms with van der Waals surface area (Å²) < 4.78 is 0. The molecule has 2 nitrogen and oxygen atoms in total. The number of para-hydroxylation sites is 1. The average molecular weight is 226 g/mol. The van der Waals surface area contributed by atoms with Crippen molar-refractivity contribution in [3.8, 4) is 0 Å². The normalized spacial score (nSPS) is 17.3. The minimum atomic E-state index is 0.320. The van der Waals surface area contributed by atoms with Gasteiger partial charge in [-0.1, -0.05) is 18.2 Å². The first-order valence-electron chi connectivity index (χ1n) is 6.35. The largest absolute Gasteiger partial charge is 0.327 e. The SMILES string of the molecule is Cc1cc(CC(N)C2CC2)c2ccccc2n1. The standard InChI is InChI=1S/C15H18N2/c1-10-8-12(9-14(16)11-6-7-11)13-4-2-3-5-15(13)17-10/h2-5,8,11,14H,6-7,9,16H2,1H3. The van der Waals surface area contributed by atoms with E-state index in [0.717, 1.165) is 23.5 Å². The molecule has 0 saturated heterocycles. The third-order valence-corrected chi connectivity index (χ3v) is 3.61. The van der Waals surface area contributed by atoms with Crippen molar-refractivity contribution in [1.82, 2.24) is 4.98 Å². The first-order valence-corrected chi connectivity index (χ1v) is 6.35. The number of hydrogen-bond acceptors (Lipinski definition) is 2. The van der Waals surface area contributed by atoms with Gasteiger partial charge in [-0.25, -0.2) is 0 Å². The van der Waals surface area contributed by atoms with E-state index in [1.165, 1.54) is 23.8 Å². The number of benzene rings is 1. The summed E-state index contributed by atoms with van der Waals surface area (Å²) in [6.07, 6.45) is 3.60. The van der Waals surface area contributed by atoms with Gasteiger partial charge >= 0.3 is 0 Å². The van der Waals surface area contributed by atoms with E-state index in [1.54, 1.807) is 0 Å². The zero-order valence-corrected chi connectivity index (χ0v) is 10.2. The topological polar surface area (TPSA) is 38.9 Å². The summed E-state index contributed by atoms with van der Waals surface area (Å²) in [6.45, 7) is 2.05. The molecule has 3 rings (SSSR count). The first-order chi connectivity index (χ1) is 8.24. The smallest absolute Gasteiger partial charge is 0.0707 e. The third kappa shape index (κ3) is 2.18. The number of pyridine rings is 1. The number of rotatable bonds is 3. The van der Waals surface area contributed by atoms with E-state index < -0.39 is 0 Å². The Morgan fingerprint density at radius 3 is 2.88 bits per heavy atom. The number of nitrogens with zero attached hydrogens (tertiary/aromatic N) is 1.